The zero-order valence-corrected chi connectivity index (χ0v) is 12.2. The number of aliphatic hydroxyl groups excluding tert-OH is 1. The van der Waals surface area contributed by atoms with Gasteiger partial charge in [0.15, 0.2) is 0 Å². The highest BCUT2D eigenvalue weighted by Crippen LogP contribution is 2.24. The predicted octanol–water partition coefficient (Wildman–Crippen LogP) is 2.64. The maximum atomic E-state index is 10.1. The van der Waals surface area contributed by atoms with E-state index in [1.165, 1.54) is 0 Å². The predicted molar refractivity (Wildman–Crippen MR) is 75.6 cm³/mol. The monoisotopic (exact) mass is 313 g/mol. The standard InChI is InChI=1S/C14H20BrNO2/c1-14(6-3-7-18-14)10-16-9-13(17)11-4-2-5-12(15)8-11/h2,4-5,8,13,16-17H,3,6-7,9-10H2,1H3. The molecule has 0 spiro atoms. The number of hydrogen-bond acceptors (Lipinski definition) is 3. The van der Waals surface area contributed by atoms with Crippen LogP contribution in [0.2, 0.25) is 0 Å². The Hall–Kier alpha value is -0.420. The maximum absolute atomic E-state index is 10.1. The van der Waals surface area contributed by atoms with Crippen molar-refractivity contribution < 1.29 is 9.84 Å². The molecule has 1 saturated heterocycles. The third-order valence-electron chi connectivity index (χ3n) is 3.37. The zero-order valence-electron chi connectivity index (χ0n) is 10.7. The van der Waals surface area contributed by atoms with Crippen molar-refractivity contribution in [3.8, 4) is 0 Å². The minimum Gasteiger partial charge on any atom is -0.387 e. The number of halogens is 1. The Morgan fingerprint density at radius 3 is 3.06 bits per heavy atom. The SMILES string of the molecule is CC1(CNCC(O)c2cccc(Br)c2)CCCO1. The highest BCUT2D eigenvalue weighted by atomic mass is 79.9. The van der Waals surface area contributed by atoms with E-state index in [2.05, 4.69) is 28.2 Å². The molecule has 0 aromatic heterocycles. The van der Waals surface area contributed by atoms with Gasteiger partial charge < -0.3 is 15.2 Å². The van der Waals surface area contributed by atoms with E-state index in [0.717, 1.165) is 36.0 Å². The molecular weight excluding hydrogens is 294 g/mol. The Labute approximate surface area is 117 Å². The second kappa shape index (κ2) is 6.15. The first kappa shape index (κ1) is 14.0. The van der Waals surface area contributed by atoms with E-state index in [9.17, 15) is 5.11 Å². The first-order chi connectivity index (χ1) is 8.59. The van der Waals surface area contributed by atoms with Gasteiger partial charge in [-0.15, -0.1) is 0 Å². The Morgan fingerprint density at radius 2 is 2.39 bits per heavy atom. The molecule has 1 fully saturated rings. The van der Waals surface area contributed by atoms with Crippen LogP contribution in [0.25, 0.3) is 0 Å². The molecule has 3 nitrogen and oxygen atoms in total. The molecule has 0 amide bonds. The van der Waals surface area contributed by atoms with Gasteiger partial charge in [-0.3, -0.25) is 0 Å². The van der Waals surface area contributed by atoms with Gasteiger partial charge in [0.2, 0.25) is 0 Å². The number of benzene rings is 1. The molecule has 0 bridgehead atoms. The van der Waals surface area contributed by atoms with Crippen molar-refractivity contribution in [3.05, 3.63) is 34.3 Å². The van der Waals surface area contributed by atoms with Crippen molar-refractivity contribution in [2.24, 2.45) is 0 Å². The van der Waals surface area contributed by atoms with E-state index < -0.39 is 6.10 Å². The van der Waals surface area contributed by atoms with E-state index in [-0.39, 0.29) is 5.60 Å². The molecule has 1 heterocycles. The first-order valence-corrected chi connectivity index (χ1v) is 7.17. The normalized spacial score (nSPS) is 25.3. The number of hydrogen-bond donors (Lipinski definition) is 2. The summed E-state index contributed by atoms with van der Waals surface area (Å²) in [7, 11) is 0. The lowest BCUT2D eigenvalue weighted by molar-refractivity contribution is 0.0185. The molecule has 100 valence electrons. The van der Waals surface area contributed by atoms with E-state index in [4.69, 9.17) is 4.74 Å². The summed E-state index contributed by atoms with van der Waals surface area (Å²) in [4.78, 5) is 0. The summed E-state index contributed by atoms with van der Waals surface area (Å²) >= 11 is 3.41. The van der Waals surface area contributed by atoms with Gasteiger partial charge in [-0.1, -0.05) is 28.1 Å². The quantitative estimate of drug-likeness (QED) is 0.878. The van der Waals surface area contributed by atoms with Crippen LogP contribution in [0.1, 0.15) is 31.4 Å². The molecule has 2 N–H and O–H groups in total. The highest BCUT2D eigenvalue weighted by molar-refractivity contribution is 9.10. The third kappa shape index (κ3) is 3.79. The minimum absolute atomic E-state index is 0.0585. The molecule has 0 radical (unpaired) electrons. The van der Waals surface area contributed by atoms with Gasteiger partial charge in [0.1, 0.15) is 0 Å². The lowest BCUT2D eigenvalue weighted by Crippen LogP contribution is -2.38. The maximum Gasteiger partial charge on any atom is 0.0914 e. The summed E-state index contributed by atoms with van der Waals surface area (Å²) in [5.41, 5.74) is 0.867. The summed E-state index contributed by atoms with van der Waals surface area (Å²) in [6.07, 6.45) is 1.74. The van der Waals surface area contributed by atoms with Crippen LogP contribution in [0.15, 0.2) is 28.7 Å². The molecule has 18 heavy (non-hydrogen) atoms. The third-order valence-corrected chi connectivity index (χ3v) is 3.86. The average molecular weight is 314 g/mol. The summed E-state index contributed by atoms with van der Waals surface area (Å²) in [6, 6.07) is 7.77. The molecular formula is C14H20BrNO2. The first-order valence-electron chi connectivity index (χ1n) is 6.37. The fourth-order valence-corrected chi connectivity index (χ4v) is 2.70. The molecule has 2 atom stereocenters. The number of nitrogens with one attached hydrogen (secondary N) is 1. The lowest BCUT2D eigenvalue weighted by atomic mass is 10.0. The van der Waals surface area contributed by atoms with E-state index in [1.807, 2.05) is 24.3 Å². The highest BCUT2D eigenvalue weighted by Gasteiger charge is 2.29. The molecule has 1 aromatic carbocycles. The van der Waals surface area contributed by atoms with Crippen LogP contribution in [-0.2, 0) is 4.74 Å². The molecule has 1 aliphatic rings. The van der Waals surface area contributed by atoms with Gasteiger partial charge in [-0.05, 0) is 37.5 Å². The fourth-order valence-electron chi connectivity index (χ4n) is 2.28. The van der Waals surface area contributed by atoms with Crippen LogP contribution in [0.5, 0.6) is 0 Å². The van der Waals surface area contributed by atoms with Gasteiger partial charge in [0.25, 0.3) is 0 Å². The zero-order chi connectivity index (χ0) is 13.0. The van der Waals surface area contributed by atoms with E-state index >= 15 is 0 Å². The van der Waals surface area contributed by atoms with E-state index in [1.54, 1.807) is 0 Å². The molecule has 0 aliphatic carbocycles. The lowest BCUT2D eigenvalue weighted by Gasteiger charge is -2.24. The van der Waals surface area contributed by atoms with Gasteiger partial charge in [-0.2, -0.15) is 0 Å². The Kier molecular flexibility index (Phi) is 4.78. The molecule has 1 aromatic rings. The summed E-state index contributed by atoms with van der Waals surface area (Å²) in [5, 5.41) is 13.4. The van der Waals surface area contributed by atoms with Crippen LogP contribution < -0.4 is 5.32 Å². The smallest absolute Gasteiger partial charge is 0.0914 e. The van der Waals surface area contributed by atoms with Crippen molar-refractivity contribution in [1.82, 2.24) is 5.32 Å². The second-order valence-electron chi connectivity index (χ2n) is 5.10. The average Bonchev–Trinajstić information content (AvgIpc) is 2.76. The van der Waals surface area contributed by atoms with Crippen LogP contribution in [0, 0.1) is 0 Å². The van der Waals surface area contributed by atoms with E-state index in [0.29, 0.717) is 6.54 Å². The van der Waals surface area contributed by atoms with Crippen molar-refractivity contribution >= 4 is 15.9 Å². The van der Waals surface area contributed by atoms with Crippen molar-refractivity contribution in [1.29, 1.82) is 0 Å². The van der Waals surface area contributed by atoms with Crippen LogP contribution >= 0.6 is 15.9 Å². The van der Waals surface area contributed by atoms with Gasteiger partial charge in [0, 0.05) is 24.2 Å². The Bertz CT molecular complexity index is 391. The summed E-state index contributed by atoms with van der Waals surface area (Å²) < 4.78 is 6.69. The summed E-state index contributed by atoms with van der Waals surface area (Å²) in [6.45, 7) is 4.32. The largest absolute Gasteiger partial charge is 0.387 e. The molecule has 4 heteroatoms. The van der Waals surface area contributed by atoms with Crippen molar-refractivity contribution in [2.45, 2.75) is 31.5 Å². The summed E-state index contributed by atoms with van der Waals surface area (Å²) in [5.74, 6) is 0. The Morgan fingerprint density at radius 1 is 1.56 bits per heavy atom. The molecule has 2 unspecified atom stereocenters. The number of aliphatic hydroxyl groups is 1. The topological polar surface area (TPSA) is 41.5 Å². The number of ether oxygens (including phenoxy) is 1. The van der Waals surface area contributed by atoms with Gasteiger partial charge >= 0.3 is 0 Å². The molecule has 2 rings (SSSR count). The van der Waals surface area contributed by atoms with Crippen LogP contribution in [0.4, 0.5) is 0 Å². The van der Waals surface area contributed by atoms with Gasteiger partial charge in [0.05, 0.1) is 11.7 Å². The minimum atomic E-state index is -0.479. The van der Waals surface area contributed by atoms with Crippen LogP contribution in [0.3, 0.4) is 0 Å². The van der Waals surface area contributed by atoms with Crippen molar-refractivity contribution in [3.63, 3.8) is 0 Å². The van der Waals surface area contributed by atoms with Crippen molar-refractivity contribution in [2.75, 3.05) is 19.7 Å². The Balaban J connectivity index is 1.79. The fraction of sp³-hybridized carbons (Fsp3) is 0.571. The second-order valence-corrected chi connectivity index (χ2v) is 6.02. The molecule has 0 saturated carbocycles. The number of rotatable bonds is 5. The van der Waals surface area contributed by atoms with Gasteiger partial charge in [-0.25, -0.2) is 0 Å². The molecule has 1 aliphatic heterocycles. The van der Waals surface area contributed by atoms with Crippen LogP contribution in [-0.4, -0.2) is 30.4 Å².